The van der Waals surface area contributed by atoms with E-state index in [9.17, 15) is 4.79 Å². The zero-order valence-electron chi connectivity index (χ0n) is 23.9. The molecule has 1 fully saturated rings. The Morgan fingerprint density at radius 3 is 1.90 bits per heavy atom. The summed E-state index contributed by atoms with van der Waals surface area (Å²) in [5, 5.41) is 0. The van der Waals surface area contributed by atoms with E-state index in [1.807, 2.05) is 24.3 Å². The van der Waals surface area contributed by atoms with Gasteiger partial charge in [0.15, 0.2) is 0 Å². The van der Waals surface area contributed by atoms with Crippen LogP contribution in [-0.2, 0) is 9.47 Å². The van der Waals surface area contributed by atoms with Gasteiger partial charge in [-0.2, -0.15) is 0 Å². The molecule has 2 aromatic carbocycles. The molecule has 0 aromatic heterocycles. The Bertz CT molecular complexity index is 930. The van der Waals surface area contributed by atoms with E-state index in [0.29, 0.717) is 12.2 Å². The highest BCUT2D eigenvalue weighted by atomic mass is 127. The van der Waals surface area contributed by atoms with E-state index in [1.54, 1.807) is 12.1 Å². The van der Waals surface area contributed by atoms with Gasteiger partial charge in [0, 0.05) is 4.43 Å². The molecule has 1 heterocycles. The summed E-state index contributed by atoms with van der Waals surface area (Å²) in [4.78, 5) is 12.9. The molecule has 3 atom stereocenters. The second-order valence-corrected chi connectivity index (χ2v) is 11.3. The van der Waals surface area contributed by atoms with Crippen molar-refractivity contribution in [2.45, 2.75) is 109 Å². The summed E-state index contributed by atoms with van der Waals surface area (Å²) in [6, 6.07) is 15.5. The predicted molar refractivity (Wildman–Crippen MR) is 166 cm³/mol. The fourth-order valence-electron chi connectivity index (χ4n) is 4.85. The molecule has 0 aliphatic carbocycles. The minimum absolute atomic E-state index is 0.00130. The maximum absolute atomic E-state index is 12.9. The third-order valence-electron chi connectivity index (χ3n) is 7.25. The van der Waals surface area contributed by atoms with E-state index in [1.165, 1.54) is 51.4 Å². The lowest BCUT2D eigenvalue weighted by Gasteiger charge is -2.35. The molecule has 0 saturated carbocycles. The van der Waals surface area contributed by atoms with Crippen molar-refractivity contribution in [3.8, 4) is 11.5 Å². The van der Waals surface area contributed by atoms with Crippen molar-refractivity contribution in [2.75, 3.05) is 17.6 Å². The molecule has 1 aliphatic rings. The second-order valence-electron chi connectivity index (χ2n) is 10.5. The smallest absolute Gasteiger partial charge is 0.338 e. The second kappa shape index (κ2) is 18.5. The molecule has 0 radical (unpaired) electrons. The van der Waals surface area contributed by atoms with Gasteiger partial charge in [0.2, 0.25) is 0 Å². The summed E-state index contributed by atoms with van der Waals surface area (Å²) in [5.74, 6) is 1.39. The van der Waals surface area contributed by atoms with E-state index >= 15 is 0 Å². The lowest BCUT2D eigenvalue weighted by molar-refractivity contribution is -0.112. The Labute approximate surface area is 249 Å². The van der Waals surface area contributed by atoms with Crippen LogP contribution in [-0.4, -0.2) is 35.8 Å². The van der Waals surface area contributed by atoms with Crippen molar-refractivity contribution in [3.05, 3.63) is 59.7 Å². The zero-order valence-corrected chi connectivity index (χ0v) is 26.0. The zero-order chi connectivity index (χ0) is 27.7. The number of hydrogen-bond donors (Lipinski definition) is 0. The highest BCUT2D eigenvalue weighted by Crippen LogP contribution is 2.34. The first kappa shape index (κ1) is 31.7. The van der Waals surface area contributed by atoms with Crippen molar-refractivity contribution in [2.24, 2.45) is 0 Å². The molecule has 1 aliphatic heterocycles. The van der Waals surface area contributed by atoms with Crippen LogP contribution in [0.1, 0.15) is 113 Å². The topological polar surface area (TPSA) is 54.0 Å². The van der Waals surface area contributed by atoms with E-state index in [-0.39, 0.29) is 24.3 Å². The van der Waals surface area contributed by atoms with Crippen LogP contribution in [0.5, 0.6) is 11.5 Å². The average Bonchev–Trinajstić information content (AvgIpc) is 2.97. The minimum atomic E-state index is -0.306. The van der Waals surface area contributed by atoms with Gasteiger partial charge in [0.1, 0.15) is 23.7 Å². The van der Waals surface area contributed by atoms with Crippen LogP contribution in [0.25, 0.3) is 0 Å². The fraction of sp³-hybridized carbons (Fsp3) is 0.606. The van der Waals surface area contributed by atoms with Gasteiger partial charge in [0.05, 0.1) is 24.9 Å². The van der Waals surface area contributed by atoms with Gasteiger partial charge in [-0.1, -0.05) is 99.9 Å². The standard InChI is InChI=1S/C33H47IO5/c1-3-5-7-9-10-12-24-37-29-19-15-27(16-20-29)33(35)39-31-22-21-30(38-32(31)25-34)26-13-17-28(18-14-26)36-23-11-8-6-4-2/h13-20,30-32H,3-12,21-25H2,1-2H3/t30-,31-,32+/m0/s1. The number of ether oxygens (including phenoxy) is 4. The number of alkyl halides is 1. The van der Waals surface area contributed by atoms with Crippen LogP contribution in [0.4, 0.5) is 0 Å². The number of esters is 1. The van der Waals surface area contributed by atoms with Gasteiger partial charge >= 0.3 is 5.97 Å². The number of carbonyl (C=O) groups excluding carboxylic acids is 1. The Hall–Kier alpha value is -1.80. The average molecular weight is 651 g/mol. The van der Waals surface area contributed by atoms with E-state index in [2.05, 4.69) is 48.6 Å². The molecule has 2 aromatic rings. The van der Waals surface area contributed by atoms with E-state index in [4.69, 9.17) is 18.9 Å². The first-order valence-electron chi connectivity index (χ1n) is 15.0. The Kier molecular flexibility index (Phi) is 15.1. The molecule has 1 saturated heterocycles. The van der Waals surface area contributed by atoms with Crippen molar-refractivity contribution < 1.29 is 23.7 Å². The molecule has 216 valence electrons. The highest BCUT2D eigenvalue weighted by Gasteiger charge is 2.34. The van der Waals surface area contributed by atoms with Crippen LogP contribution in [0.15, 0.2) is 48.5 Å². The van der Waals surface area contributed by atoms with Gasteiger partial charge < -0.3 is 18.9 Å². The number of benzene rings is 2. The third-order valence-corrected chi connectivity index (χ3v) is 8.12. The first-order valence-corrected chi connectivity index (χ1v) is 16.5. The predicted octanol–water partition coefficient (Wildman–Crippen LogP) is 9.27. The van der Waals surface area contributed by atoms with Crippen molar-refractivity contribution in [3.63, 3.8) is 0 Å². The maximum Gasteiger partial charge on any atom is 0.338 e. The minimum Gasteiger partial charge on any atom is -0.494 e. The summed E-state index contributed by atoms with van der Waals surface area (Å²) in [5.41, 5.74) is 1.69. The third kappa shape index (κ3) is 11.3. The first-order chi connectivity index (χ1) is 19.1. The molecule has 0 N–H and O–H groups in total. The van der Waals surface area contributed by atoms with Crippen LogP contribution in [0.3, 0.4) is 0 Å². The Morgan fingerprint density at radius 1 is 0.769 bits per heavy atom. The molecular formula is C33H47IO5. The molecule has 6 heteroatoms. The quantitative estimate of drug-likeness (QED) is 0.0697. The lowest BCUT2D eigenvalue weighted by atomic mass is 9.96. The monoisotopic (exact) mass is 650 g/mol. The molecule has 3 rings (SSSR count). The summed E-state index contributed by atoms with van der Waals surface area (Å²) in [6.07, 6.45) is 13.4. The van der Waals surface area contributed by atoms with Gasteiger partial charge in [0.25, 0.3) is 0 Å². The molecule has 0 bridgehead atoms. The van der Waals surface area contributed by atoms with Crippen molar-refractivity contribution in [1.82, 2.24) is 0 Å². The molecular weight excluding hydrogens is 603 g/mol. The summed E-state index contributed by atoms with van der Waals surface area (Å²) in [7, 11) is 0. The highest BCUT2D eigenvalue weighted by molar-refractivity contribution is 14.1. The molecule has 0 spiro atoms. The van der Waals surface area contributed by atoms with Gasteiger partial charge in [-0.15, -0.1) is 0 Å². The van der Waals surface area contributed by atoms with Gasteiger partial charge in [-0.05, 0) is 67.6 Å². The number of unbranched alkanes of at least 4 members (excludes halogenated alkanes) is 8. The SMILES string of the molecule is CCCCCCCCOc1ccc(C(=O)O[C@H]2CC[C@@H](c3ccc(OCCCCCC)cc3)O[C@@H]2CI)cc1. The maximum atomic E-state index is 12.9. The normalized spacial score (nSPS) is 19.0. The van der Waals surface area contributed by atoms with Gasteiger partial charge in [-0.25, -0.2) is 4.79 Å². The van der Waals surface area contributed by atoms with Crippen LogP contribution in [0, 0.1) is 0 Å². The summed E-state index contributed by atoms with van der Waals surface area (Å²) >= 11 is 2.32. The molecule has 39 heavy (non-hydrogen) atoms. The number of carbonyl (C=O) groups is 1. The van der Waals surface area contributed by atoms with E-state index in [0.717, 1.165) is 53.8 Å². The van der Waals surface area contributed by atoms with E-state index < -0.39 is 0 Å². The van der Waals surface area contributed by atoms with Crippen molar-refractivity contribution >= 4 is 28.6 Å². The molecule has 0 unspecified atom stereocenters. The molecule has 5 nitrogen and oxygen atoms in total. The number of halogens is 1. The van der Waals surface area contributed by atoms with Crippen LogP contribution < -0.4 is 9.47 Å². The Balaban J connectivity index is 1.41. The number of hydrogen-bond acceptors (Lipinski definition) is 5. The summed E-state index contributed by atoms with van der Waals surface area (Å²) < 4.78 is 24.8. The molecule has 0 amide bonds. The van der Waals surface area contributed by atoms with Crippen LogP contribution >= 0.6 is 22.6 Å². The lowest BCUT2D eigenvalue weighted by Crippen LogP contribution is -2.40. The fourth-order valence-corrected chi connectivity index (χ4v) is 5.62. The van der Waals surface area contributed by atoms with Gasteiger partial charge in [-0.3, -0.25) is 0 Å². The number of rotatable bonds is 18. The Morgan fingerprint density at radius 2 is 1.31 bits per heavy atom. The van der Waals surface area contributed by atoms with Crippen molar-refractivity contribution in [1.29, 1.82) is 0 Å². The largest absolute Gasteiger partial charge is 0.494 e. The summed E-state index contributed by atoms with van der Waals surface area (Å²) in [6.45, 7) is 5.92. The van der Waals surface area contributed by atoms with Crippen LogP contribution in [0.2, 0.25) is 0 Å².